The maximum Gasteiger partial charge on any atom is 0.242 e. The number of rotatable bonds is 7. The van der Waals surface area contributed by atoms with E-state index in [2.05, 4.69) is 20.0 Å². The van der Waals surface area contributed by atoms with Crippen molar-refractivity contribution in [2.45, 2.75) is 11.4 Å². The molecule has 0 saturated carbocycles. The second-order valence-electron chi connectivity index (χ2n) is 5.55. The Balaban J connectivity index is 1.83. The SMILES string of the molecule is CN=C(NCCNS(=O)(=O)c1cccnc1)N(C)Cc1cccc(F)c1. The molecule has 0 saturated heterocycles. The Morgan fingerprint density at radius 2 is 2.08 bits per heavy atom. The van der Waals surface area contributed by atoms with E-state index in [-0.39, 0.29) is 17.3 Å². The molecule has 2 aromatic rings. The van der Waals surface area contributed by atoms with Gasteiger partial charge in [-0.1, -0.05) is 12.1 Å². The van der Waals surface area contributed by atoms with Gasteiger partial charge in [-0.2, -0.15) is 0 Å². The molecule has 0 aliphatic carbocycles. The summed E-state index contributed by atoms with van der Waals surface area (Å²) < 4.78 is 40.0. The van der Waals surface area contributed by atoms with E-state index < -0.39 is 10.0 Å². The molecule has 0 atom stereocenters. The molecule has 0 unspecified atom stereocenters. The van der Waals surface area contributed by atoms with E-state index >= 15 is 0 Å². The molecule has 0 aliphatic heterocycles. The average Bonchev–Trinajstić information content (AvgIpc) is 2.62. The van der Waals surface area contributed by atoms with E-state index in [1.54, 1.807) is 19.2 Å². The summed E-state index contributed by atoms with van der Waals surface area (Å²) in [5.74, 6) is 0.290. The molecule has 26 heavy (non-hydrogen) atoms. The van der Waals surface area contributed by atoms with Crippen molar-refractivity contribution in [3.8, 4) is 0 Å². The standard InChI is InChI=1S/C17H22FN5O2S/c1-19-17(23(2)13-14-5-3-6-15(18)11-14)21-9-10-22-26(24,25)16-7-4-8-20-12-16/h3-8,11-12,22H,9-10,13H2,1-2H3,(H,19,21). The fourth-order valence-electron chi connectivity index (χ4n) is 2.32. The summed E-state index contributed by atoms with van der Waals surface area (Å²) >= 11 is 0. The molecule has 7 nitrogen and oxygen atoms in total. The van der Waals surface area contributed by atoms with E-state index in [9.17, 15) is 12.8 Å². The van der Waals surface area contributed by atoms with Crippen LogP contribution in [-0.2, 0) is 16.6 Å². The fraction of sp³-hybridized carbons (Fsp3) is 0.294. The summed E-state index contributed by atoms with van der Waals surface area (Å²) in [5.41, 5.74) is 0.813. The molecule has 2 N–H and O–H groups in total. The zero-order chi connectivity index (χ0) is 19.0. The first-order valence-electron chi connectivity index (χ1n) is 7.98. The molecule has 0 bridgehead atoms. The Kier molecular flexibility index (Phi) is 7.05. The predicted octanol–water partition coefficient (Wildman–Crippen LogP) is 1.21. The Morgan fingerprint density at radius 1 is 1.27 bits per heavy atom. The third-order valence-corrected chi connectivity index (χ3v) is 4.97. The van der Waals surface area contributed by atoms with Gasteiger partial charge in [0.05, 0.1) is 0 Å². The van der Waals surface area contributed by atoms with Crippen molar-refractivity contribution in [1.29, 1.82) is 0 Å². The maximum absolute atomic E-state index is 13.3. The molecule has 9 heteroatoms. The maximum atomic E-state index is 13.3. The van der Waals surface area contributed by atoms with Crippen molar-refractivity contribution >= 4 is 16.0 Å². The van der Waals surface area contributed by atoms with Gasteiger partial charge in [-0.05, 0) is 29.8 Å². The van der Waals surface area contributed by atoms with Gasteiger partial charge in [-0.3, -0.25) is 9.98 Å². The van der Waals surface area contributed by atoms with Gasteiger partial charge in [0, 0.05) is 46.1 Å². The number of aromatic nitrogens is 1. The third-order valence-electron chi connectivity index (χ3n) is 3.53. The van der Waals surface area contributed by atoms with Crippen LogP contribution >= 0.6 is 0 Å². The average molecular weight is 379 g/mol. The van der Waals surface area contributed by atoms with Gasteiger partial charge in [0.25, 0.3) is 0 Å². The number of halogens is 1. The van der Waals surface area contributed by atoms with Crippen LogP contribution in [0.5, 0.6) is 0 Å². The zero-order valence-corrected chi connectivity index (χ0v) is 15.5. The smallest absolute Gasteiger partial charge is 0.242 e. The molecule has 0 radical (unpaired) electrons. The summed E-state index contributed by atoms with van der Waals surface area (Å²) in [6, 6.07) is 9.39. The minimum atomic E-state index is -3.59. The second-order valence-corrected chi connectivity index (χ2v) is 7.31. The lowest BCUT2D eigenvalue weighted by atomic mass is 10.2. The van der Waals surface area contributed by atoms with Gasteiger partial charge < -0.3 is 10.2 Å². The van der Waals surface area contributed by atoms with Crippen LogP contribution in [0.1, 0.15) is 5.56 Å². The molecular weight excluding hydrogens is 357 g/mol. The van der Waals surface area contributed by atoms with Crippen molar-refractivity contribution in [1.82, 2.24) is 19.9 Å². The highest BCUT2D eigenvalue weighted by Crippen LogP contribution is 2.06. The molecule has 1 aromatic carbocycles. The monoisotopic (exact) mass is 379 g/mol. The summed E-state index contributed by atoms with van der Waals surface area (Å²) in [4.78, 5) is 9.89. The number of pyridine rings is 1. The van der Waals surface area contributed by atoms with Crippen molar-refractivity contribution < 1.29 is 12.8 Å². The number of nitrogens with one attached hydrogen (secondary N) is 2. The lowest BCUT2D eigenvalue weighted by molar-refractivity contribution is 0.475. The minimum Gasteiger partial charge on any atom is -0.355 e. The molecular formula is C17H22FN5O2S. The molecule has 1 heterocycles. The predicted molar refractivity (Wildman–Crippen MR) is 98.7 cm³/mol. The number of aliphatic imine (C=N–C) groups is 1. The lowest BCUT2D eigenvalue weighted by Crippen LogP contribution is -2.42. The second kappa shape index (κ2) is 9.25. The largest absolute Gasteiger partial charge is 0.355 e. The van der Waals surface area contributed by atoms with Crippen LogP contribution in [0.15, 0.2) is 58.7 Å². The van der Waals surface area contributed by atoms with Crippen LogP contribution < -0.4 is 10.0 Å². The highest BCUT2D eigenvalue weighted by molar-refractivity contribution is 7.89. The first kappa shape index (κ1) is 19.8. The molecule has 140 valence electrons. The van der Waals surface area contributed by atoms with Crippen molar-refractivity contribution in [3.05, 3.63) is 60.2 Å². The quantitative estimate of drug-likeness (QED) is 0.429. The Hall–Kier alpha value is -2.52. The first-order valence-corrected chi connectivity index (χ1v) is 9.46. The molecule has 0 amide bonds. The third kappa shape index (κ3) is 5.78. The van der Waals surface area contributed by atoms with E-state index in [4.69, 9.17) is 0 Å². The van der Waals surface area contributed by atoms with Crippen LogP contribution in [0.4, 0.5) is 4.39 Å². The Bertz CT molecular complexity index is 843. The van der Waals surface area contributed by atoms with Gasteiger partial charge in [-0.15, -0.1) is 0 Å². The van der Waals surface area contributed by atoms with Gasteiger partial charge >= 0.3 is 0 Å². The van der Waals surface area contributed by atoms with E-state index in [1.165, 1.54) is 30.6 Å². The van der Waals surface area contributed by atoms with E-state index in [0.29, 0.717) is 19.0 Å². The minimum absolute atomic E-state index is 0.118. The Morgan fingerprint density at radius 3 is 2.73 bits per heavy atom. The number of guanidine groups is 1. The van der Waals surface area contributed by atoms with Crippen LogP contribution in [0, 0.1) is 5.82 Å². The van der Waals surface area contributed by atoms with Crippen LogP contribution in [0.2, 0.25) is 0 Å². The number of nitrogens with zero attached hydrogens (tertiary/aromatic N) is 3. The zero-order valence-electron chi connectivity index (χ0n) is 14.7. The highest BCUT2D eigenvalue weighted by atomic mass is 32.2. The van der Waals surface area contributed by atoms with E-state index in [0.717, 1.165) is 5.56 Å². The summed E-state index contributed by atoms with van der Waals surface area (Å²) in [6.45, 7) is 1.00. The van der Waals surface area contributed by atoms with Gasteiger partial charge in [0.15, 0.2) is 5.96 Å². The normalized spacial score (nSPS) is 12.0. The number of benzene rings is 1. The first-order chi connectivity index (χ1) is 12.4. The molecule has 1 aromatic heterocycles. The topological polar surface area (TPSA) is 86.7 Å². The number of hydrogen-bond donors (Lipinski definition) is 2. The van der Waals surface area contributed by atoms with Crippen molar-refractivity contribution in [2.24, 2.45) is 4.99 Å². The van der Waals surface area contributed by atoms with Crippen LogP contribution in [-0.4, -0.2) is 51.4 Å². The number of sulfonamides is 1. The van der Waals surface area contributed by atoms with Gasteiger partial charge in [0.2, 0.25) is 10.0 Å². The van der Waals surface area contributed by atoms with Crippen LogP contribution in [0.25, 0.3) is 0 Å². The van der Waals surface area contributed by atoms with Crippen molar-refractivity contribution in [3.63, 3.8) is 0 Å². The molecule has 2 rings (SSSR count). The molecule has 0 spiro atoms. The number of hydrogen-bond acceptors (Lipinski definition) is 4. The van der Waals surface area contributed by atoms with Gasteiger partial charge in [0.1, 0.15) is 10.7 Å². The fourth-order valence-corrected chi connectivity index (χ4v) is 3.31. The summed E-state index contributed by atoms with van der Waals surface area (Å²) in [7, 11) is -0.137. The van der Waals surface area contributed by atoms with Gasteiger partial charge in [-0.25, -0.2) is 17.5 Å². The van der Waals surface area contributed by atoms with Crippen LogP contribution in [0.3, 0.4) is 0 Å². The molecule has 0 aliphatic rings. The molecule has 0 fully saturated rings. The van der Waals surface area contributed by atoms with E-state index in [1.807, 2.05) is 18.0 Å². The highest BCUT2D eigenvalue weighted by Gasteiger charge is 2.13. The lowest BCUT2D eigenvalue weighted by Gasteiger charge is -2.22. The summed E-state index contributed by atoms with van der Waals surface area (Å²) in [6.07, 6.45) is 2.81. The van der Waals surface area contributed by atoms with Crippen molar-refractivity contribution in [2.75, 3.05) is 27.2 Å². The summed E-state index contributed by atoms with van der Waals surface area (Å²) in [5, 5.41) is 3.07. The Labute approximate surface area is 153 Å².